The minimum Gasteiger partial charge on any atom is -0.508 e. The van der Waals surface area contributed by atoms with E-state index in [1.807, 2.05) is 67.5 Å². The lowest BCUT2D eigenvalue weighted by molar-refractivity contribution is -0.187. The van der Waals surface area contributed by atoms with Crippen LogP contribution >= 0.6 is 11.6 Å². The number of benzene rings is 3. The molecule has 3 aromatic carbocycles. The molecule has 5 rings (SSSR count). The Hall–Kier alpha value is -4.28. The van der Waals surface area contributed by atoms with Crippen LogP contribution in [0.15, 0.2) is 72.8 Å². The highest BCUT2D eigenvalue weighted by Gasteiger charge is 2.50. The van der Waals surface area contributed by atoms with Gasteiger partial charge in [-0.1, -0.05) is 60.1 Å². The lowest BCUT2D eigenvalue weighted by Crippen LogP contribution is -2.76. The molecule has 3 aromatic rings. The summed E-state index contributed by atoms with van der Waals surface area (Å²) in [4.78, 5) is 46.4. The number of urea groups is 1. The second kappa shape index (κ2) is 12.3. The molecule has 2 N–H and O–H groups in total. The molecule has 10 nitrogen and oxygen atoms in total. The fourth-order valence-corrected chi connectivity index (χ4v) is 5.86. The maximum atomic E-state index is 14.1. The topological polar surface area (TPSA) is 99.7 Å². The molecular weight excluding hydrogens is 556 g/mol. The van der Waals surface area contributed by atoms with E-state index in [2.05, 4.69) is 5.32 Å². The first-order chi connectivity index (χ1) is 20.1. The number of nitrogens with one attached hydrogen (secondary N) is 1. The SMILES string of the molecule is CN(C)c1cc(CN2C[C@H]3N(C(=O)CN(C)N3C(=O)NCc3ccccc3)[C@@H](Cc3ccc(O)cc3)C2=O)ccc1Cl. The van der Waals surface area contributed by atoms with E-state index in [0.717, 1.165) is 22.4 Å². The molecule has 0 aromatic heterocycles. The van der Waals surface area contributed by atoms with Crippen LogP contribution in [0, 0.1) is 0 Å². The number of amides is 4. The number of carbonyl (C=O) groups is 3. The molecule has 2 aliphatic heterocycles. The Morgan fingerprint density at radius 3 is 2.38 bits per heavy atom. The Bertz CT molecular complexity index is 1450. The quantitative estimate of drug-likeness (QED) is 0.438. The number of aromatic hydroxyl groups is 1. The normalized spacial score (nSPS) is 19.1. The lowest BCUT2D eigenvalue weighted by atomic mass is 9.98. The van der Waals surface area contributed by atoms with Gasteiger partial charge in [-0.25, -0.2) is 14.8 Å². The van der Waals surface area contributed by atoms with Gasteiger partial charge in [0.1, 0.15) is 18.0 Å². The zero-order chi connectivity index (χ0) is 30.0. The Morgan fingerprint density at radius 1 is 1.00 bits per heavy atom. The summed E-state index contributed by atoms with van der Waals surface area (Å²) in [6, 6.07) is 20.6. The molecule has 220 valence electrons. The van der Waals surface area contributed by atoms with Crippen molar-refractivity contribution in [3.8, 4) is 5.75 Å². The van der Waals surface area contributed by atoms with E-state index in [4.69, 9.17) is 11.6 Å². The minimum absolute atomic E-state index is 0.0437. The number of likely N-dealkylation sites (N-methyl/N-ethyl adjacent to an activating group) is 1. The van der Waals surface area contributed by atoms with Gasteiger partial charge in [-0.15, -0.1) is 0 Å². The zero-order valence-electron chi connectivity index (χ0n) is 23.9. The average molecular weight is 591 g/mol. The van der Waals surface area contributed by atoms with Crippen LogP contribution < -0.4 is 10.2 Å². The Balaban J connectivity index is 1.47. The van der Waals surface area contributed by atoms with Gasteiger partial charge in [0.2, 0.25) is 11.8 Å². The van der Waals surface area contributed by atoms with Crippen molar-refractivity contribution in [3.63, 3.8) is 0 Å². The molecule has 0 unspecified atom stereocenters. The van der Waals surface area contributed by atoms with E-state index in [9.17, 15) is 19.5 Å². The number of halogens is 1. The Kier molecular flexibility index (Phi) is 8.56. The van der Waals surface area contributed by atoms with E-state index in [1.165, 1.54) is 0 Å². The molecular formula is C31H35ClN6O4. The molecule has 4 amide bonds. The predicted molar refractivity (Wildman–Crippen MR) is 161 cm³/mol. The van der Waals surface area contributed by atoms with Gasteiger partial charge in [-0.3, -0.25) is 9.59 Å². The summed E-state index contributed by atoms with van der Waals surface area (Å²) in [5.41, 5.74) is 3.45. The number of phenolic OH excluding ortho intramolecular Hbond substituents is 1. The van der Waals surface area contributed by atoms with Crippen LogP contribution in [0.5, 0.6) is 5.75 Å². The Morgan fingerprint density at radius 2 is 1.69 bits per heavy atom. The van der Waals surface area contributed by atoms with Crippen LogP contribution in [0.25, 0.3) is 0 Å². The number of carbonyl (C=O) groups excluding carboxylic acids is 3. The number of rotatable bonds is 7. The summed E-state index contributed by atoms with van der Waals surface area (Å²) in [5, 5.41) is 16.5. The van der Waals surface area contributed by atoms with E-state index < -0.39 is 12.2 Å². The molecule has 2 aliphatic rings. The molecule has 0 radical (unpaired) electrons. The third kappa shape index (κ3) is 6.14. The van der Waals surface area contributed by atoms with Crippen molar-refractivity contribution in [2.45, 2.75) is 31.7 Å². The number of nitrogens with zero attached hydrogens (tertiary/aromatic N) is 5. The zero-order valence-corrected chi connectivity index (χ0v) is 24.7. The first kappa shape index (κ1) is 29.2. The average Bonchev–Trinajstić information content (AvgIpc) is 2.96. The van der Waals surface area contributed by atoms with Crippen molar-refractivity contribution in [1.29, 1.82) is 0 Å². The number of piperazine rings is 1. The largest absolute Gasteiger partial charge is 0.508 e. The number of hydrogen-bond donors (Lipinski definition) is 2. The highest BCUT2D eigenvalue weighted by atomic mass is 35.5. The van der Waals surface area contributed by atoms with E-state index in [0.29, 0.717) is 11.6 Å². The summed E-state index contributed by atoms with van der Waals surface area (Å²) >= 11 is 6.40. The van der Waals surface area contributed by atoms with Crippen molar-refractivity contribution in [2.75, 3.05) is 39.1 Å². The van der Waals surface area contributed by atoms with Crippen molar-refractivity contribution in [1.82, 2.24) is 25.1 Å². The van der Waals surface area contributed by atoms with Gasteiger partial charge in [0, 0.05) is 40.7 Å². The van der Waals surface area contributed by atoms with Crippen LogP contribution in [-0.4, -0.2) is 89.2 Å². The first-order valence-electron chi connectivity index (χ1n) is 13.8. The fraction of sp³-hybridized carbons (Fsp3) is 0.323. The van der Waals surface area contributed by atoms with Gasteiger partial charge in [-0.05, 0) is 41.0 Å². The summed E-state index contributed by atoms with van der Waals surface area (Å²) in [5.74, 6) is -0.319. The van der Waals surface area contributed by atoms with Gasteiger partial charge in [0.25, 0.3) is 0 Å². The summed E-state index contributed by atoms with van der Waals surface area (Å²) < 4.78 is 0. The summed E-state index contributed by atoms with van der Waals surface area (Å²) in [7, 11) is 5.51. The Labute approximate surface area is 250 Å². The predicted octanol–water partition coefficient (Wildman–Crippen LogP) is 3.29. The smallest absolute Gasteiger partial charge is 0.334 e. The third-order valence-corrected chi connectivity index (χ3v) is 7.98. The second-order valence-electron chi connectivity index (χ2n) is 10.9. The van der Waals surface area contributed by atoms with Gasteiger partial charge < -0.3 is 25.1 Å². The van der Waals surface area contributed by atoms with Gasteiger partial charge in [0.15, 0.2) is 0 Å². The number of fused-ring (bicyclic) bond motifs is 1. The molecule has 2 atom stereocenters. The van der Waals surface area contributed by atoms with Crippen molar-refractivity contribution >= 4 is 35.1 Å². The number of anilines is 1. The molecule has 11 heteroatoms. The molecule has 0 aliphatic carbocycles. The molecule has 2 heterocycles. The van der Waals surface area contributed by atoms with Crippen LogP contribution in [0.4, 0.5) is 10.5 Å². The highest BCUT2D eigenvalue weighted by Crippen LogP contribution is 2.31. The van der Waals surface area contributed by atoms with Crippen LogP contribution in [0.2, 0.25) is 5.02 Å². The summed E-state index contributed by atoms with van der Waals surface area (Å²) in [6.45, 7) is 0.699. The number of hydrogen-bond acceptors (Lipinski definition) is 6. The van der Waals surface area contributed by atoms with Gasteiger partial charge in [0.05, 0.1) is 23.8 Å². The van der Waals surface area contributed by atoms with Crippen LogP contribution in [-0.2, 0) is 29.1 Å². The van der Waals surface area contributed by atoms with E-state index >= 15 is 0 Å². The van der Waals surface area contributed by atoms with Crippen molar-refractivity contribution in [2.24, 2.45) is 0 Å². The van der Waals surface area contributed by atoms with E-state index in [-0.39, 0.29) is 49.7 Å². The first-order valence-corrected chi connectivity index (χ1v) is 14.2. The van der Waals surface area contributed by atoms with Crippen molar-refractivity contribution < 1.29 is 19.5 Å². The number of hydrazine groups is 1. The van der Waals surface area contributed by atoms with Gasteiger partial charge >= 0.3 is 6.03 Å². The lowest BCUT2D eigenvalue weighted by Gasteiger charge is -2.54. The maximum absolute atomic E-state index is 14.1. The molecule has 2 saturated heterocycles. The minimum atomic E-state index is -0.834. The van der Waals surface area contributed by atoms with Gasteiger partial charge in [-0.2, -0.15) is 0 Å². The molecule has 42 heavy (non-hydrogen) atoms. The van der Waals surface area contributed by atoms with E-state index in [1.54, 1.807) is 51.1 Å². The number of phenols is 1. The van der Waals surface area contributed by atoms with Crippen LogP contribution in [0.1, 0.15) is 16.7 Å². The van der Waals surface area contributed by atoms with Crippen LogP contribution in [0.3, 0.4) is 0 Å². The van der Waals surface area contributed by atoms with Crippen molar-refractivity contribution in [3.05, 3.63) is 94.5 Å². The second-order valence-corrected chi connectivity index (χ2v) is 11.3. The maximum Gasteiger partial charge on any atom is 0.334 e. The molecule has 0 bridgehead atoms. The highest BCUT2D eigenvalue weighted by molar-refractivity contribution is 6.33. The molecule has 0 saturated carbocycles. The standard InChI is InChI=1S/C31H35ClN6O4/c1-34(2)26-16-23(11-14-25(26)32)18-36-19-28-37(27(30(36)41)15-21-9-12-24(39)13-10-21)29(40)20-35(3)38(28)31(42)33-17-22-7-5-4-6-8-22/h4-14,16,27-28,39H,15,17-20H2,1-3H3,(H,33,42)/t27-,28-/m0/s1. The fourth-order valence-electron chi connectivity index (χ4n) is 5.58. The monoisotopic (exact) mass is 590 g/mol. The summed E-state index contributed by atoms with van der Waals surface area (Å²) in [6.07, 6.45) is -0.475. The molecule has 2 fully saturated rings. The molecule has 0 spiro atoms. The third-order valence-electron chi connectivity index (χ3n) is 7.67.